The van der Waals surface area contributed by atoms with Gasteiger partial charge in [0.1, 0.15) is 0 Å². The first-order valence-electron chi connectivity index (χ1n) is 45.5. The minimum atomic E-state index is -0.424. The molecule has 0 aliphatic rings. The van der Waals surface area contributed by atoms with Gasteiger partial charge in [-0.15, -0.1) is 0 Å². The van der Waals surface area contributed by atoms with Crippen molar-refractivity contribution in [3.8, 4) is 0 Å². The van der Waals surface area contributed by atoms with Crippen molar-refractivity contribution in [3.63, 3.8) is 0 Å². The average Bonchev–Trinajstić information content (AvgIpc) is 0.849. The number of esters is 4. The van der Waals surface area contributed by atoms with Crippen molar-refractivity contribution < 1.29 is 38.1 Å². The summed E-state index contributed by atoms with van der Waals surface area (Å²) in [7, 11) is 0. The Morgan fingerprint density at radius 2 is 0.294 bits per heavy atom. The summed E-state index contributed by atoms with van der Waals surface area (Å²) in [6.07, 6.45) is 106. The molecule has 0 bridgehead atoms. The minimum absolute atomic E-state index is 0.301. The fourth-order valence-corrected chi connectivity index (χ4v) is 14.9. The van der Waals surface area contributed by atoms with Gasteiger partial charge in [0.05, 0.1) is 37.6 Å². The third kappa shape index (κ3) is 73.5. The molecule has 1 rings (SSSR count). The molecule has 0 saturated carbocycles. The Morgan fingerprint density at radius 1 is 0.186 bits per heavy atom. The molecule has 1 aromatic carbocycles. The Bertz CT molecular complexity index is 1790. The Kier molecular flexibility index (Phi) is 78.8. The lowest BCUT2D eigenvalue weighted by Gasteiger charge is -2.10. The van der Waals surface area contributed by atoms with Crippen molar-refractivity contribution in [2.24, 2.45) is 0 Å². The fraction of sp³-hybridized carbons (Fsp3) is 0.851. The van der Waals surface area contributed by atoms with Gasteiger partial charge in [0.25, 0.3) is 0 Å². The molecule has 1 aromatic rings. The maximum absolute atomic E-state index is 13.0. The molecule has 0 heterocycles. The molecule has 0 aliphatic heterocycles. The average molecular weight is 1430 g/mol. The van der Waals surface area contributed by atoms with E-state index in [0.717, 1.165) is 51.4 Å². The number of ether oxygens (including phenoxy) is 4. The molecule has 8 nitrogen and oxygen atoms in total. The first-order valence-corrected chi connectivity index (χ1v) is 45.5. The molecule has 0 unspecified atom stereocenters. The molecule has 0 fully saturated rings. The molecule has 0 aliphatic carbocycles. The normalized spacial score (nSPS) is 11.4. The van der Waals surface area contributed by atoms with Crippen LogP contribution in [-0.4, -0.2) is 50.3 Å². The topological polar surface area (TPSA) is 105 Å². The van der Waals surface area contributed by atoms with Crippen molar-refractivity contribution >= 4 is 23.9 Å². The minimum Gasteiger partial charge on any atom is -0.463 e. The molecular formula is C94H170O8. The van der Waals surface area contributed by atoms with Gasteiger partial charge >= 0.3 is 23.9 Å². The zero-order chi connectivity index (χ0) is 73.1. The second-order valence-corrected chi connectivity index (χ2v) is 31.4. The molecular weight excluding hydrogens is 1260 g/mol. The van der Waals surface area contributed by atoms with Gasteiger partial charge in [-0.3, -0.25) is 0 Å². The summed E-state index contributed by atoms with van der Waals surface area (Å²) in [5.74, 6) is -1.45. The van der Waals surface area contributed by atoms with E-state index in [1.54, 1.807) is 24.3 Å². The molecule has 0 amide bonds. The van der Waals surface area contributed by atoms with Crippen molar-refractivity contribution in [2.75, 3.05) is 26.4 Å². The Morgan fingerprint density at radius 3 is 0.412 bits per heavy atom. The number of hydrogen-bond acceptors (Lipinski definition) is 8. The van der Waals surface area contributed by atoms with Gasteiger partial charge in [-0.2, -0.15) is 0 Å². The zero-order valence-electron chi connectivity index (χ0n) is 67.7. The second-order valence-electron chi connectivity index (χ2n) is 31.4. The van der Waals surface area contributed by atoms with E-state index in [-0.39, 0.29) is 11.9 Å². The van der Waals surface area contributed by atoms with Crippen molar-refractivity contribution in [1.82, 2.24) is 0 Å². The molecule has 0 N–H and O–H groups in total. The van der Waals surface area contributed by atoms with Crippen LogP contribution < -0.4 is 0 Å². The lowest BCUT2D eigenvalue weighted by Crippen LogP contribution is -2.15. The van der Waals surface area contributed by atoms with E-state index in [4.69, 9.17) is 18.9 Å². The van der Waals surface area contributed by atoms with Gasteiger partial charge in [-0.1, -0.05) is 488 Å². The van der Waals surface area contributed by atoms with Crippen LogP contribution >= 0.6 is 0 Å². The molecule has 0 saturated heterocycles. The van der Waals surface area contributed by atoms with Crippen molar-refractivity contribution in [1.29, 1.82) is 0 Å². The maximum atomic E-state index is 13.0. The van der Waals surface area contributed by atoms with Gasteiger partial charge < -0.3 is 18.9 Å². The van der Waals surface area contributed by atoms with E-state index in [9.17, 15) is 19.2 Å². The van der Waals surface area contributed by atoms with E-state index in [0.29, 0.717) is 37.6 Å². The maximum Gasteiger partial charge on any atom is 0.339 e. The highest BCUT2D eigenvalue weighted by molar-refractivity contribution is 6.03. The van der Waals surface area contributed by atoms with Gasteiger partial charge in [0, 0.05) is 12.2 Å². The highest BCUT2D eigenvalue weighted by atomic mass is 16.5. The summed E-state index contributed by atoms with van der Waals surface area (Å²) in [5, 5.41) is 0. The van der Waals surface area contributed by atoms with Crippen LogP contribution in [0.15, 0.2) is 49.6 Å². The largest absolute Gasteiger partial charge is 0.463 e. The third-order valence-corrected chi connectivity index (χ3v) is 21.7. The van der Waals surface area contributed by atoms with Crippen LogP contribution in [0.1, 0.15) is 509 Å². The van der Waals surface area contributed by atoms with Crippen molar-refractivity contribution in [2.45, 2.75) is 488 Å². The highest BCUT2D eigenvalue weighted by Gasteiger charge is 2.19. The van der Waals surface area contributed by atoms with E-state index < -0.39 is 11.9 Å². The fourth-order valence-electron chi connectivity index (χ4n) is 14.9. The SMILES string of the molecule is C=CC(=O)OCCCCCCCCCCCCCCCCCCCCCCCCCCCCCCCCCCCCCCCCOC(=O)c1ccccc1C(=O)OCCCCCCCCCCCCCCCCCCCCCCCCCCCCCCCCCCCCCCCCOC(=O)C=C. The number of benzene rings is 1. The van der Waals surface area contributed by atoms with Crippen molar-refractivity contribution in [3.05, 3.63) is 60.7 Å². The number of unbranched alkanes of at least 4 members (excludes halogenated alkanes) is 74. The lowest BCUT2D eigenvalue weighted by atomic mass is 10.0. The predicted molar refractivity (Wildman–Crippen MR) is 440 cm³/mol. The Hall–Kier alpha value is -3.42. The highest BCUT2D eigenvalue weighted by Crippen LogP contribution is 2.22. The van der Waals surface area contributed by atoms with Gasteiger partial charge in [0.2, 0.25) is 0 Å². The summed E-state index contributed by atoms with van der Waals surface area (Å²) in [6.45, 7) is 8.72. The lowest BCUT2D eigenvalue weighted by molar-refractivity contribution is -0.138. The predicted octanol–water partition coefficient (Wildman–Crippen LogP) is 31.1. The van der Waals surface area contributed by atoms with E-state index in [2.05, 4.69) is 13.2 Å². The van der Waals surface area contributed by atoms with Crippen LogP contribution in [0, 0.1) is 0 Å². The molecule has 594 valence electrons. The quantitative estimate of drug-likeness (QED) is 0.0275. The van der Waals surface area contributed by atoms with Crippen LogP contribution in [0.3, 0.4) is 0 Å². The summed E-state index contributed by atoms with van der Waals surface area (Å²) < 4.78 is 21.3. The third-order valence-electron chi connectivity index (χ3n) is 21.7. The molecule has 102 heavy (non-hydrogen) atoms. The zero-order valence-corrected chi connectivity index (χ0v) is 67.7. The molecule has 0 aromatic heterocycles. The first kappa shape index (κ1) is 96.6. The van der Waals surface area contributed by atoms with Crippen LogP contribution in [0.25, 0.3) is 0 Å². The van der Waals surface area contributed by atoms with Crippen LogP contribution in [-0.2, 0) is 28.5 Å². The molecule has 8 heteroatoms. The smallest absolute Gasteiger partial charge is 0.339 e. The number of rotatable bonds is 86. The summed E-state index contributed by atoms with van der Waals surface area (Å²) >= 11 is 0. The van der Waals surface area contributed by atoms with Gasteiger partial charge in [-0.25, -0.2) is 19.2 Å². The van der Waals surface area contributed by atoms with Crippen LogP contribution in [0.4, 0.5) is 0 Å². The number of carbonyl (C=O) groups excluding carboxylic acids is 4. The molecule has 0 radical (unpaired) electrons. The summed E-state index contributed by atoms with van der Waals surface area (Å²) in [4.78, 5) is 48.0. The van der Waals surface area contributed by atoms with E-state index >= 15 is 0 Å². The van der Waals surface area contributed by atoms with E-state index in [1.807, 2.05) is 0 Å². The Balaban J connectivity index is 1.76. The molecule has 0 spiro atoms. The standard InChI is InChI=1S/C94H170O8/c1-3-91(95)99-85-79-73-69-65-61-57-53-49-45-41-37-33-29-25-21-17-13-9-5-7-11-15-19-23-27-31-35-39-43-47-51-55-59-63-67-71-75-81-87-101-93(97)89-83-77-78-84-90(89)94(98)102-88-82-76-72-68-64-60-56-52-48-44-40-36-32-28-24-20-16-12-8-6-10-14-18-22-26-30-34-38-42-46-50-54-58-62-66-70-74-80-86-100-92(96)4-2/h3-4,77-78,83-84H,1-2,5-76,79-82,85-88H2. The monoisotopic (exact) mass is 1430 g/mol. The summed E-state index contributed by atoms with van der Waals surface area (Å²) in [5.41, 5.74) is 0.625. The Labute approximate surface area is 633 Å². The van der Waals surface area contributed by atoms with Crippen LogP contribution in [0.5, 0.6) is 0 Å². The molecule has 0 atom stereocenters. The van der Waals surface area contributed by atoms with Gasteiger partial charge in [-0.05, 0) is 37.8 Å². The second kappa shape index (κ2) is 83.2. The number of hydrogen-bond donors (Lipinski definition) is 0. The van der Waals surface area contributed by atoms with E-state index in [1.165, 1.54) is 449 Å². The van der Waals surface area contributed by atoms with Crippen LogP contribution in [0.2, 0.25) is 0 Å². The first-order chi connectivity index (χ1) is 50.5. The summed E-state index contributed by atoms with van der Waals surface area (Å²) in [6, 6.07) is 6.95. The van der Waals surface area contributed by atoms with Gasteiger partial charge in [0.15, 0.2) is 0 Å². The number of carbonyl (C=O) groups is 4.